The van der Waals surface area contributed by atoms with Gasteiger partial charge in [-0.25, -0.2) is 4.79 Å². The molecule has 1 aromatic carbocycles. The number of rotatable bonds is 3. The lowest BCUT2D eigenvalue weighted by Gasteiger charge is -2.18. The molecule has 7 nitrogen and oxygen atoms in total. The van der Waals surface area contributed by atoms with E-state index in [0.717, 1.165) is 16.7 Å². The zero-order valence-electron chi connectivity index (χ0n) is 14.1. The van der Waals surface area contributed by atoms with Crippen LogP contribution in [0.4, 0.5) is 11.4 Å². The first kappa shape index (κ1) is 15.8. The van der Waals surface area contributed by atoms with Crippen molar-refractivity contribution in [1.29, 1.82) is 0 Å². The molecule has 2 aromatic heterocycles. The highest BCUT2D eigenvalue weighted by Crippen LogP contribution is 2.30. The van der Waals surface area contributed by atoms with Crippen LogP contribution >= 0.6 is 0 Å². The number of imidazole rings is 1. The monoisotopic (exact) mass is 325 g/mol. The molecule has 1 N–H and O–H groups in total. The molecule has 0 radical (unpaired) electrons. The molecule has 24 heavy (non-hydrogen) atoms. The maximum Gasteiger partial charge on any atom is 0.328 e. The number of benzene rings is 1. The summed E-state index contributed by atoms with van der Waals surface area (Å²) in [6.07, 6.45) is 3.13. The molecular weight excluding hydrogens is 306 g/mol. The molecule has 3 rings (SSSR count). The van der Waals surface area contributed by atoms with Crippen LogP contribution < -0.4 is 15.9 Å². The second-order valence-electron chi connectivity index (χ2n) is 5.85. The predicted molar refractivity (Wildman–Crippen MR) is 94.7 cm³/mol. The summed E-state index contributed by atoms with van der Waals surface area (Å²) in [6, 6.07) is 7.14. The third-order valence-corrected chi connectivity index (χ3v) is 4.04. The fraction of sp³-hybridized carbons (Fsp3) is 0.235. The summed E-state index contributed by atoms with van der Waals surface area (Å²) < 4.78 is 3.16. The standard InChI is InChI=1S/C17H19N5O2/c1-20(2)13-9-15-14(21(3)17(24)22(15)4)8-12(13)19-16(23)11-6-5-7-18-10-11/h5-10H,1-4H3,(H,19,23). The Morgan fingerprint density at radius 3 is 2.42 bits per heavy atom. The molecule has 124 valence electrons. The number of pyridine rings is 1. The average molecular weight is 325 g/mol. The molecule has 0 aliphatic carbocycles. The van der Waals surface area contributed by atoms with Gasteiger partial charge in [0.2, 0.25) is 0 Å². The van der Waals surface area contributed by atoms with E-state index in [1.54, 1.807) is 41.6 Å². The summed E-state index contributed by atoms with van der Waals surface area (Å²) >= 11 is 0. The number of nitrogens with one attached hydrogen (secondary N) is 1. The third-order valence-electron chi connectivity index (χ3n) is 4.04. The van der Waals surface area contributed by atoms with E-state index in [0.29, 0.717) is 11.3 Å². The van der Waals surface area contributed by atoms with Crippen molar-refractivity contribution in [3.05, 3.63) is 52.7 Å². The van der Waals surface area contributed by atoms with Crippen LogP contribution in [-0.4, -0.2) is 34.1 Å². The second-order valence-corrected chi connectivity index (χ2v) is 5.85. The van der Waals surface area contributed by atoms with Gasteiger partial charge in [0.05, 0.1) is 28.0 Å². The van der Waals surface area contributed by atoms with E-state index < -0.39 is 0 Å². The van der Waals surface area contributed by atoms with Gasteiger partial charge in [-0.1, -0.05) is 0 Å². The molecule has 0 spiro atoms. The van der Waals surface area contributed by atoms with Crippen molar-refractivity contribution in [3.63, 3.8) is 0 Å². The molecule has 7 heteroatoms. The first-order chi connectivity index (χ1) is 11.4. The van der Waals surface area contributed by atoms with Gasteiger partial charge in [0.25, 0.3) is 5.91 Å². The van der Waals surface area contributed by atoms with E-state index in [1.165, 1.54) is 6.20 Å². The Bertz CT molecular complexity index is 970. The minimum atomic E-state index is -0.244. The number of carbonyl (C=O) groups is 1. The highest BCUT2D eigenvalue weighted by molar-refractivity contribution is 6.07. The summed E-state index contributed by atoms with van der Waals surface area (Å²) in [7, 11) is 7.23. The number of aryl methyl sites for hydroxylation is 2. The minimum Gasteiger partial charge on any atom is -0.376 e. The van der Waals surface area contributed by atoms with E-state index in [-0.39, 0.29) is 11.6 Å². The zero-order chi connectivity index (χ0) is 17.4. The van der Waals surface area contributed by atoms with Gasteiger partial charge in [0, 0.05) is 40.6 Å². The first-order valence-electron chi connectivity index (χ1n) is 7.48. The largest absolute Gasteiger partial charge is 0.376 e. The summed E-state index contributed by atoms with van der Waals surface area (Å²) in [4.78, 5) is 30.4. The van der Waals surface area contributed by atoms with Gasteiger partial charge >= 0.3 is 5.69 Å². The van der Waals surface area contributed by atoms with Crippen LogP contribution in [0.25, 0.3) is 11.0 Å². The van der Waals surface area contributed by atoms with Crippen molar-refractivity contribution in [2.45, 2.75) is 0 Å². The topological polar surface area (TPSA) is 72.2 Å². The lowest BCUT2D eigenvalue weighted by atomic mass is 10.2. The van der Waals surface area contributed by atoms with Crippen LogP contribution in [0.1, 0.15) is 10.4 Å². The summed E-state index contributed by atoms with van der Waals surface area (Å²) in [5.74, 6) is -0.244. The van der Waals surface area contributed by atoms with Crippen LogP contribution in [-0.2, 0) is 14.1 Å². The van der Waals surface area contributed by atoms with Crippen molar-refractivity contribution in [2.24, 2.45) is 14.1 Å². The van der Waals surface area contributed by atoms with Crippen LogP contribution in [0.3, 0.4) is 0 Å². The molecule has 0 unspecified atom stereocenters. The molecule has 0 bridgehead atoms. The van der Waals surface area contributed by atoms with E-state index in [9.17, 15) is 9.59 Å². The highest BCUT2D eigenvalue weighted by atomic mass is 16.2. The summed E-state index contributed by atoms with van der Waals surface area (Å²) in [5, 5.41) is 2.91. The number of hydrogen-bond acceptors (Lipinski definition) is 4. The van der Waals surface area contributed by atoms with Crippen LogP contribution in [0.5, 0.6) is 0 Å². The van der Waals surface area contributed by atoms with Gasteiger partial charge in [-0.05, 0) is 24.3 Å². The van der Waals surface area contributed by atoms with Gasteiger partial charge in [-0.3, -0.25) is 18.9 Å². The van der Waals surface area contributed by atoms with Crippen molar-refractivity contribution in [2.75, 3.05) is 24.3 Å². The zero-order valence-corrected chi connectivity index (χ0v) is 14.1. The molecule has 0 atom stereocenters. The van der Waals surface area contributed by atoms with Gasteiger partial charge < -0.3 is 10.2 Å². The lowest BCUT2D eigenvalue weighted by molar-refractivity contribution is 0.102. The maximum atomic E-state index is 12.4. The quantitative estimate of drug-likeness (QED) is 0.794. The molecule has 0 aliphatic rings. The first-order valence-corrected chi connectivity index (χ1v) is 7.48. The fourth-order valence-electron chi connectivity index (χ4n) is 2.70. The van der Waals surface area contributed by atoms with Gasteiger partial charge in [0.15, 0.2) is 0 Å². The van der Waals surface area contributed by atoms with Crippen molar-refractivity contribution >= 4 is 28.3 Å². The number of nitrogens with zero attached hydrogens (tertiary/aromatic N) is 4. The fourth-order valence-corrected chi connectivity index (χ4v) is 2.70. The van der Waals surface area contributed by atoms with Crippen molar-refractivity contribution in [3.8, 4) is 0 Å². The molecule has 0 aliphatic heterocycles. The van der Waals surface area contributed by atoms with Crippen molar-refractivity contribution in [1.82, 2.24) is 14.1 Å². The Hall–Kier alpha value is -3.09. The minimum absolute atomic E-state index is 0.106. The maximum absolute atomic E-state index is 12.4. The molecular formula is C17H19N5O2. The van der Waals surface area contributed by atoms with Gasteiger partial charge in [0.1, 0.15) is 0 Å². The molecule has 0 fully saturated rings. The molecule has 0 saturated carbocycles. The third kappa shape index (κ3) is 2.54. The Balaban J connectivity index is 2.12. The molecule has 2 heterocycles. The predicted octanol–water partition coefficient (Wildman–Crippen LogP) is 1.59. The SMILES string of the molecule is CN(C)c1cc2c(cc1NC(=O)c1cccnc1)n(C)c(=O)n2C. The number of carbonyl (C=O) groups excluding carboxylic acids is 1. The van der Waals surface area contributed by atoms with Crippen LogP contribution in [0.15, 0.2) is 41.5 Å². The molecule has 3 aromatic rings. The number of aromatic nitrogens is 3. The van der Waals surface area contributed by atoms with E-state index in [1.807, 2.05) is 31.1 Å². The Morgan fingerprint density at radius 2 is 1.83 bits per heavy atom. The van der Waals surface area contributed by atoms with Gasteiger partial charge in [-0.15, -0.1) is 0 Å². The number of anilines is 2. The summed E-state index contributed by atoms with van der Waals surface area (Å²) in [5.41, 5.74) is 3.40. The Labute approximate surface area is 139 Å². The number of fused-ring (bicyclic) bond motifs is 1. The van der Waals surface area contributed by atoms with Crippen LogP contribution in [0.2, 0.25) is 0 Å². The highest BCUT2D eigenvalue weighted by Gasteiger charge is 2.16. The molecule has 0 saturated heterocycles. The molecule has 1 amide bonds. The van der Waals surface area contributed by atoms with E-state index in [2.05, 4.69) is 10.3 Å². The Kier molecular flexibility index (Phi) is 3.84. The Morgan fingerprint density at radius 1 is 1.17 bits per heavy atom. The number of amides is 1. The van der Waals surface area contributed by atoms with Crippen LogP contribution in [0, 0.1) is 0 Å². The smallest absolute Gasteiger partial charge is 0.328 e. The van der Waals surface area contributed by atoms with Crippen molar-refractivity contribution < 1.29 is 4.79 Å². The lowest BCUT2D eigenvalue weighted by Crippen LogP contribution is -2.19. The van der Waals surface area contributed by atoms with Gasteiger partial charge in [-0.2, -0.15) is 0 Å². The van der Waals surface area contributed by atoms with E-state index in [4.69, 9.17) is 0 Å². The summed E-state index contributed by atoms with van der Waals surface area (Å²) in [6.45, 7) is 0. The second kappa shape index (κ2) is 5.84. The number of hydrogen-bond donors (Lipinski definition) is 1. The normalized spacial score (nSPS) is 10.8. The average Bonchev–Trinajstić information content (AvgIpc) is 2.79. The van der Waals surface area contributed by atoms with E-state index >= 15 is 0 Å².